The number of hydrogen-bond donors (Lipinski definition) is 1. The molecular formula is C25H27Cl2N3O4. The molecule has 0 aromatic heterocycles. The van der Waals surface area contributed by atoms with Crippen LogP contribution in [0.3, 0.4) is 0 Å². The molecule has 0 radical (unpaired) electrons. The molecule has 180 valence electrons. The molecule has 34 heavy (non-hydrogen) atoms. The van der Waals surface area contributed by atoms with Crippen molar-refractivity contribution >= 4 is 46.7 Å². The van der Waals surface area contributed by atoms with Gasteiger partial charge in [-0.25, -0.2) is 0 Å². The molecule has 1 heterocycles. The van der Waals surface area contributed by atoms with Crippen molar-refractivity contribution in [1.29, 1.82) is 0 Å². The van der Waals surface area contributed by atoms with Gasteiger partial charge >= 0.3 is 5.97 Å². The second kappa shape index (κ2) is 10.6. The Kier molecular flexibility index (Phi) is 8.00. The normalized spacial score (nSPS) is 14.6. The van der Waals surface area contributed by atoms with Crippen LogP contribution in [0.4, 0.5) is 0 Å². The van der Waals surface area contributed by atoms with Crippen molar-refractivity contribution in [3.8, 4) is 0 Å². The highest BCUT2D eigenvalue weighted by Crippen LogP contribution is 2.27. The number of carbonyl (C=O) groups excluding carboxylic acids is 3. The zero-order valence-electron chi connectivity index (χ0n) is 19.5. The molecule has 9 heteroatoms. The quantitative estimate of drug-likeness (QED) is 0.549. The summed E-state index contributed by atoms with van der Waals surface area (Å²) in [4.78, 5) is 43.2. The van der Waals surface area contributed by atoms with Crippen LogP contribution in [0, 0.1) is 0 Å². The summed E-state index contributed by atoms with van der Waals surface area (Å²) in [5.74, 6) is -0.868. The van der Waals surface area contributed by atoms with E-state index in [1.807, 2.05) is 6.92 Å². The van der Waals surface area contributed by atoms with E-state index >= 15 is 0 Å². The minimum absolute atomic E-state index is 0.0926. The van der Waals surface area contributed by atoms with Gasteiger partial charge in [0.2, 0.25) is 0 Å². The number of amides is 2. The standard InChI is InChI=1S/C25H27Cl2N3O4/c1-15(30-14-29-22(24(30)33)18-11-19(26)13-20(27)12-18)16-5-7-17(8-6-16)23(32)28-10-9-21(31)34-25(2,3)4/h5-8,11-13,15H,9-10,14H2,1-4H3,(H,28,32). The number of rotatable bonds is 7. The van der Waals surface area contributed by atoms with Crippen molar-refractivity contribution in [3.05, 3.63) is 69.2 Å². The molecule has 0 fully saturated rings. The van der Waals surface area contributed by atoms with E-state index in [9.17, 15) is 14.4 Å². The Balaban J connectivity index is 1.58. The maximum absolute atomic E-state index is 13.0. The summed E-state index contributed by atoms with van der Waals surface area (Å²) in [5, 5.41) is 3.58. The summed E-state index contributed by atoms with van der Waals surface area (Å²) in [7, 11) is 0. The van der Waals surface area contributed by atoms with Gasteiger partial charge in [-0.3, -0.25) is 19.4 Å². The third kappa shape index (κ3) is 6.58. The Morgan fingerprint density at radius 2 is 1.74 bits per heavy atom. The van der Waals surface area contributed by atoms with Gasteiger partial charge in [-0.15, -0.1) is 0 Å². The largest absolute Gasteiger partial charge is 0.460 e. The van der Waals surface area contributed by atoms with Gasteiger partial charge in [-0.2, -0.15) is 0 Å². The molecule has 0 saturated heterocycles. The highest BCUT2D eigenvalue weighted by Gasteiger charge is 2.31. The molecule has 1 aliphatic heterocycles. The smallest absolute Gasteiger partial charge is 0.308 e. The van der Waals surface area contributed by atoms with Crippen molar-refractivity contribution in [3.63, 3.8) is 0 Å². The Morgan fingerprint density at radius 3 is 2.32 bits per heavy atom. The predicted molar refractivity (Wildman–Crippen MR) is 132 cm³/mol. The first-order valence-corrected chi connectivity index (χ1v) is 11.6. The van der Waals surface area contributed by atoms with Crippen molar-refractivity contribution in [2.45, 2.75) is 45.8 Å². The van der Waals surface area contributed by atoms with Crippen LogP contribution in [-0.2, 0) is 14.3 Å². The summed E-state index contributed by atoms with van der Waals surface area (Å²) in [6.45, 7) is 7.68. The van der Waals surface area contributed by atoms with Crippen molar-refractivity contribution < 1.29 is 19.1 Å². The van der Waals surface area contributed by atoms with E-state index in [4.69, 9.17) is 27.9 Å². The first-order chi connectivity index (χ1) is 15.9. The Morgan fingerprint density at radius 1 is 1.12 bits per heavy atom. The van der Waals surface area contributed by atoms with Gasteiger partial charge in [0, 0.05) is 27.7 Å². The monoisotopic (exact) mass is 503 g/mol. The average Bonchev–Trinajstić information content (AvgIpc) is 3.12. The Hall–Kier alpha value is -2.90. The van der Waals surface area contributed by atoms with Crippen LogP contribution in [-0.4, -0.2) is 47.2 Å². The second-order valence-electron chi connectivity index (χ2n) is 8.97. The number of aliphatic imine (C=N–C) groups is 1. The molecule has 2 aromatic rings. The van der Waals surface area contributed by atoms with Crippen LogP contribution >= 0.6 is 23.2 Å². The molecule has 1 aliphatic rings. The first-order valence-electron chi connectivity index (χ1n) is 10.9. The summed E-state index contributed by atoms with van der Waals surface area (Å²) in [6, 6.07) is 11.6. The molecule has 0 spiro atoms. The number of nitrogens with zero attached hydrogens (tertiary/aromatic N) is 2. The van der Waals surface area contributed by atoms with Crippen LogP contribution in [0.25, 0.3) is 0 Å². The molecular weight excluding hydrogens is 477 g/mol. The average molecular weight is 504 g/mol. The third-order valence-electron chi connectivity index (χ3n) is 5.14. The van der Waals surface area contributed by atoms with Crippen molar-refractivity contribution in [2.24, 2.45) is 4.99 Å². The van der Waals surface area contributed by atoms with Crippen LogP contribution in [0.1, 0.15) is 61.6 Å². The number of nitrogens with one attached hydrogen (secondary N) is 1. The zero-order valence-corrected chi connectivity index (χ0v) is 21.0. The molecule has 7 nitrogen and oxygen atoms in total. The van der Waals surface area contributed by atoms with Crippen molar-refractivity contribution in [2.75, 3.05) is 13.2 Å². The van der Waals surface area contributed by atoms with E-state index in [-0.39, 0.29) is 43.5 Å². The Bertz CT molecular complexity index is 1100. The fourth-order valence-electron chi connectivity index (χ4n) is 3.48. The maximum Gasteiger partial charge on any atom is 0.308 e. The number of ether oxygens (including phenoxy) is 1. The fourth-order valence-corrected chi connectivity index (χ4v) is 4.01. The van der Waals surface area contributed by atoms with E-state index in [0.29, 0.717) is 26.9 Å². The minimum Gasteiger partial charge on any atom is -0.460 e. The fraction of sp³-hybridized carbons (Fsp3) is 0.360. The SMILES string of the molecule is CC(c1ccc(C(=O)NCCC(=O)OC(C)(C)C)cc1)N1CN=C(c2cc(Cl)cc(Cl)c2)C1=O. The summed E-state index contributed by atoms with van der Waals surface area (Å²) < 4.78 is 5.23. The molecule has 2 amide bonds. The predicted octanol–water partition coefficient (Wildman–Crippen LogP) is 4.81. The van der Waals surface area contributed by atoms with Gasteiger partial charge in [0.25, 0.3) is 11.8 Å². The Labute approximate surface area is 209 Å². The lowest BCUT2D eigenvalue weighted by atomic mass is 10.0. The van der Waals surface area contributed by atoms with Crippen LogP contribution in [0.15, 0.2) is 47.5 Å². The summed E-state index contributed by atoms with van der Waals surface area (Å²) >= 11 is 12.1. The third-order valence-corrected chi connectivity index (χ3v) is 5.57. The van der Waals surface area contributed by atoms with Gasteiger partial charge in [-0.1, -0.05) is 35.3 Å². The summed E-state index contributed by atoms with van der Waals surface area (Å²) in [5.41, 5.74) is 1.66. The number of benzene rings is 2. The maximum atomic E-state index is 13.0. The van der Waals surface area contributed by atoms with E-state index < -0.39 is 5.60 Å². The molecule has 1 unspecified atom stereocenters. The van der Waals surface area contributed by atoms with Crippen LogP contribution in [0.2, 0.25) is 10.0 Å². The highest BCUT2D eigenvalue weighted by atomic mass is 35.5. The number of carbonyl (C=O) groups is 3. The van der Waals surface area contributed by atoms with Gasteiger partial charge in [0.15, 0.2) is 0 Å². The molecule has 0 bridgehead atoms. The lowest BCUT2D eigenvalue weighted by molar-refractivity contribution is -0.154. The van der Waals surface area contributed by atoms with Gasteiger partial charge in [0.1, 0.15) is 18.0 Å². The molecule has 2 aromatic carbocycles. The van der Waals surface area contributed by atoms with E-state index in [0.717, 1.165) is 5.56 Å². The van der Waals surface area contributed by atoms with Crippen LogP contribution < -0.4 is 5.32 Å². The number of hydrogen-bond acceptors (Lipinski definition) is 5. The number of esters is 1. The lowest BCUT2D eigenvalue weighted by Gasteiger charge is -2.24. The molecule has 3 rings (SSSR count). The van der Waals surface area contributed by atoms with E-state index in [2.05, 4.69) is 10.3 Å². The van der Waals surface area contributed by atoms with Gasteiger partial charge in [-0.05, 0) is 63.6 Å². The van der Waals surface area contributed by atoms with Crippen LogP contribution in [0.5, 0.6) is 0 Å². The van der Waals surface area contributed by atoms with Crippen molar-refractivity contribution in [1.82, 2.24) is 10.2 Å². The minimum atomic E-state index is -0.558. The summed E-state index contributed by atoms with van der Waals surface area (Å²) in [6.07, 6.45) is 0.0926. The highest BCUT2D eigenvalue weighted by molar-refractivity contribution is 6.47. The molecule has 0 aliphatic carbocycles. The zero-order chi connectivity index (χ0) is 25.0. The van der Waals surface area contributed by atoms with Gasteiger partial charge in [0.05, 0.1) is 12.5 Å². The second-order valence-corrected chi connectivity index (χ2v) is 9.84. The lowest BCUT2D eigenvalue weighted by Crippen LogP contribution is -2.33. The van der Waals surface area contributed by atoms with Gasteiger partial charge < -0.3 is 15.0 Å². The first kappa shape index (κ1) is 25.7. The van der Waals surface area contributed by atoms with E-state index in [1.54, 1.807) is 68.1 Å². The molecule has 1 atom stereocenters. The topological polar surface area (TPSA) is 88.1 Å². The van der Waals surface area contributed by atoms with E-state index in [1.165, 1.54) is 0 Å². The molecule has 1 N–H and O–H groups in total. The number of halogens is 2. The molecule has 0 saturated carbocycles.